The summed E-state index contributed by atoms with van der Waals surface area (Å²) in [6, 6.07) is 11.1. The lowest BCUT2D eigenvalue weighted by molar-refractivity contribution is -0.137. The summed E-state index contributed by atoms with van der Waals surface area (Å²) in [6.45, 7) is 2.30. The van der Waals surface area contributed by atoms with Crippen LogP contribution in [0.3, 0.4) is 0 Å². The van der Waals surface area contributed by atoms with Crippen molar-refractivity contribution in [1.29, 1.82) is 0 Å². The molecular formula is C15H13BrF3N. The summed E-state index contributed by atoms with van der Waals surface area (Å²) in [5, 5.41) is 3.13. The van der Waals surface area contributed by atoms with E-state index in [9.17, 15) is 13.2 Å². The first-order valence-electron chi connectivity index (χ1n) is 6.02. The molecule has 0 aliphatic heterocycles. The second-order valence-electron chi connectivity index (χ2n) is 4.53. The molecule has 5 heteroatoms. The van der Waals surface area contributed by atoms with E-state index in [1.807, 2.05) is 25.1 Å². The van der Waals surface area contributed by atoms with Gasteiger partial charge in [0, 0.05) is 16.7 Å². The minimum atomic E-state index is -4.31. The topological polar surface area (TPSA) is 12.0 Å². The molecule has 2 aromatic carbocycles. The van der Waals surface area contributed by atoms with Gasteiger partial charge in [-0.25, -0.2) is 0 Å². The van der Waals surface area contributed by atoms with Gasteiger partial charge in [0.25, 0.3) is 0 Å². The van der Waals surface area contributed by atoms with Gasteiger partial charge < -0.3 is 5.32 Å². The largest absolute Gasteiger partial charge is 0.416 e. The number of anilines is 1. The Kier molecular flexibility index (Phi) is 4.38. The molecule has 1 nitrogen and oxygen atoms in total. The molecule has 2 aromatic rings. The molecule has 0 unspecified atom stereocenters. The zero-order chi connectivity index (χ0) is 14.8. The van der Waals surface area contributed by atoms with Crippen molar-refractivity contribution < 1.29 is 13.2 Å². The van der Waals surface area contributed by atoms with Gasteiger partial charge in [-0.3, -0.25) is 0 Å². The third-order valence-electron chi connectivity index (χ3n) is 2.86. The number of rotatable bonds is 3. The Balaban J connectivity index is 2.13. The van der Waals surface area contributed by atoms with Crippen molar-refractivity contribution in [2.45, 2.75) is 19.6 Å². The van der Waals surface area contributed by atoms with Gasteiger partial charge in [-0.05, 0) is 58.2 Å². The number of halogens is 4. The molecule has 0 radical (unpaired) electrons. The number of aryl methyl sites for hydroxylation is 1. The van der Waals surface area contributed by atoms with Crippen LogP contribution in [0.2, 0.25) is 0 Å². The van der Waals surface area contributed by atoms with Crippen molar-refractivity contribution in [2.24, 2.45) is 0 Å². The monoisotopic (exact) mass is 343 g/mol. The summed E-state index contributed by atoms with van der Waals surface area (Å²) >= 11 is 3.41. The lowest BCUT2D eigenvalue weighted by Crippen LogP contribution is -2.07. The van der Waals surface area contributed by atoms with Gasteiger partial charge in [0.15, 0.2) is 0 Å². The summed E-state index contributed by atoms with van der Waals surface area (Å²) in [7, 11) is 0. The summed E-state index contributed by atoms with van der Waals surface area (Å²) in [6.07, 6.45) is -4.31. The smallest absolute Gasteiger partial charge is 0.380 e. The average Bonchev–Trinajstić information content (AvgIpc) is 2.39. The standard InChI is InChI=1S/C15H13BrF3N/c1-10-5-6-13(16)14(7-10)20-9-11-3-2-4-12(8-11)15(17,18)19/h2-8,20H,9H2,1H3. The highest BCUT2D eigenvalue weighted by Gasteiger charge is 2.30. The van der Waals surface area contributed by atoms with E-state index >= 15 is 0 Å². The summed E-state index contributed by atoms with van der Waals surface area (Å²) < 4.78 is 38.7. The van der Waals surface area contributed by atoms with Crippen LogP contribution in [0.4, 0.5) is 18.9 Å². The second kappa shape index (κ2) is 5.87. The molecule has 106 valence electrons. The highest BCUT2D eigenvalue weighted by Crippen LogP contribution is 2.30. The van der Waals surface area contributed by atoms with Crippen molar-refractivity contribution in [3.63, 3.8) is 0 Å². The Morgan fingerprint density at radius 1 is 1.10 bits per heavy atom. The van der Waals surface area contributed by atoms with Crippen molar-refractivity contribution in [2.75, 3.05) is 5.32 Å². The lowest BCUT2D eigenvalue weighted by Gasteiger charge is -2.12. The molecule has 0 aliphatic carbocycles. The Hall–Kier alpha value is -1.49. The molecule has 0 atom stereocenters. The Bertz CT molecular complexity index is 608. The van der Waals surface area contributed by atoms with Crippen LogP contribution in [-0.2, 0) is 12.7 Å². The molecule has 2 rings (SSSR count). The molecule has 0 saturated carbocycles. The fourth-order valence-corrected chi connectivity index (χ4v) is 2.22. The van der Waals surface area contributed by atoms with Gasteiger partial charge in [0.1, 0.15) is 0 Å². The molecule has 0 spiro atoms. The molecule has 0 aromatic heterocycles. The van der Waals surface area contributed by atoms with Gasteiger partial charge in [-0.15, -0.1) is 0 Å². The lowest BCUT2D eigenvalue weighted by atomic mass is 10.1. The van der Waals surface area contributed by atoms with Crippen LogP contribution in [0.25, 0.3) is 0 Å². The van der Waals surface area contributed by atoms with Crippen LogP contribution in [0.1, 0.15) is 16.7 Å². The van der Waals surface area contributed by atoms with Crippen LogP contribution in [-0.4, -0.2) is 0 Å². The van der Waals surface area contributed by atoms with Gasteiger partial charge in [0.05, 0.1) is 5.56 Å². The van der Waals surface area contributed by atoms with Crippen molar-refractivity contribution in [1.82, 2.24) is 0 Å². The number of benzene rings is 2. The van der Waals surface area contributed by atoms with E-state index in [0.29, 0.717) is 12.1 Å². The highest BCUT2D eigenvalue weighted by atomic mass is 79.9. The molecule has 0 saturated heterocycles. The van der Waals surface area contributed by atoms with Gasteiger partial charge in [-0.2, -0.15) is 13.2 Å². The summed E-state index contributed by atoms with van der Waals surface area (Å²) in [4.78, 5) is 0. The van der Waals surface area contributed by atoms with Crippen LogP contribution in [0, 0.1) is 6.92 Å². The Labute approximate surface area is 123 Å². The molecular weight excluding hydrogens is 331 g/mol. The first kappa shape index (κ1) is 14.9. The quantitative estimate of drug-likeness (QED) is 0.787. The van der Waals surface area contributed by atoms with Crippen molar-refractivity contribution >= 4 is 21.6 Å². The first-order valence-corrected chi connectivity index (χ1v) is 6.82. The fourth-order valence-electron chi connectivity index (χ4n) is 1.83. The van der Waals surface area contributed by atoms with E-state index in [4.69, 9.17) is 0 Å². The molecule has 0 amide bonds. The second-order valence-corrected chi connectivity index (χ2v) is 5.39. The SMILES string of the molecule is Cc1ccc(Br)c(NCc2cccc(C(F)(F)F)c2)c1. The molecule has 1 N–H and O–H groups in total. The number of hydrogen-bond donors (Lipinski definition) is 1. The van der Waals surface area contributed by atoms with Crippen molar-refractivity contribution in [3.8, 4) is 0 Å². The summed E-state index contributed by atoms with van der Waals surface area (Å²) in [5.74, 6) is 0. The fraction of sp³-hybridized carbons (Fsp3) is 0.200. The van der Waals surface area contributed by atoms with E-state index in [1.165, 1.54) is 6.07 Å². The third-order valence-corrected chi connectivity index (χ3v) is 3.55. The highest BCUT2D eigenvalue weighted by molar-refractivity contribution is 9.10. The maximum absolute atomic E-state index is 12.6. The number of alkyl halides is 3. The number of hydrogen-bond acceptors (Lipinski definition) is 1. The molecule has 20 heavy (non-hydrogen) atoms. The predicted octanol–water partition coefficient (Wildman–Crippen LogP) is 5.39. The van der Waals surface area contributed by atoms with E-state index < -0.39 is 11.7 Å². The van der Waals surface area contributed by atoms with Gasteiger partial charge >= 0.3 is 6.18 Å². The molecule has 0 bridgehead atoms. The molecule has 0 aliphatic rings. The predicted molar refractivity (Wildman–Crippen MR) is 77.6 cm³/mol. The van der Waals surface area contributed by atoms with E-state index in [-0.39, 0.29) is 0 Å². The zero-order valence-electron chi connectivity index (χ0n) is 10.8. The van der Waals surface area contributed by atoms with Crippen LogP contribution >= 0.6 is 15.9 Å². The minimum absolute atomic E-state index is 0.339. The maximum atomic E-state index is 12.6. The maximum Gasteiger partial charge on any atom is 0.416 e. The Morgan fingerprint density at radius 2 is 1.85 bits per heavy atom. The van der Waals surface area contributed by atoms with Crippen LogP contribution in [0.15, 0.2) is 46.9 Å². The Morgan fingerprint density at radius 3 is 2.55 bits per heavy atom. The number of nitrogens with one attached hydrogen (secondary N) is 1. The van der Waals surface area contributed by atoms with Crippen LogP contribution in [0.5, 0.6) is 0 Å². The molecule has 0 heterocycles. The van der Waals surface area contributed by atoms with E-state index in [2.05, 4.69) is 21.2 Å². The minimum Gasteiger partial charge on any atom is -0.380 e. The van der Waals surface area contributed by atoms with E-state index in [1.54, 1.807) is 6.07 Å². The third kappa shape index (κ3) is 3.76. The van der Waals surface area contributed by atoms with E-state index in [0.717, 1.165) is 27.9 Å². The molecule has 0 fully saturated rings. The average molecular weight is 344 g/mol. The van der Waals surface area contributed by atoms with Crippen molar-refractivity contribution in [3.05, 3.63) is 63.6 Å². The summed E-state index contributed by atoms with van der Waals surface area (Å²) in [5.41, 5.74) is 1.91. The normalized spacial score (nSPS) is 11.4. The van der Waals surface area contributed by atoms with Crippen LogP contribution < -0.4 is 5.32 Å². The van der Waals surface area contributed by atoms with Gasteiger partial charge in [0.2, 0.25) is 0 Å². The zero-order valence-corrected chi connectivity index (χ0v) is 12.3. The van der Waals surface area contributed by atoms with Gasteiger partial charge in [-0.1, -0.05) is 18.2 Å². The first-order chi connectivity index (χ1) is 9.36.